The zero-order valence-corrected chi connectivity index (χ0v) is 10.7. The van der Waals surface area contributed by atoms with Gasteiger partial charge in [0.15, 0.2) is 0 Å². The predicted octanol–water partition coefficient (Wildman–Crippen LogP) is 3.37. The molecule has 3 aliphatic rings. The summed E-state index contributed by atoms with van der Waals surface area (Å²) >= 11 is 0. The minimum absolute atomic E-state index is 0.569. The summed E-state index contributed by atoms with van der Waals surface area (Å²) in [4.78, 5) is 0. The molecule has 16 heavy (non-hydrogen) atoms. The number of fused-ring (bicyclic) bond motifs is 5. The van der Waals surface area contributed by atoms with Gasteiger partial charge in [0.2, 0.25) is 0 Å². The number of hydrogen-bond donors (Lipinski definition) is 1. The van der Waals surface area contributed by atoms with Gasteiger partial charge in [-0.1, -0.05) is 19.1 Å². The summed E-state index contributed by atoms with van der Waals surface area (Å²) in [5, 5.41) is 3.77. The van der Waals surface area contributed by atoms with Crippen molar-refractivity contribution in [3.05, 3.63) is 12.2 Å². The van der Waals surface area contributed by atoms with Crippen molar-refractivity contribution in [2.75, 3.05) is 6.54 Å². The predicted molar refractivity (Wildman–Crippen MR) is 68.3 cm³/mol. The lowest BCUT2D eigenvalue weighted by Crippen LogP contribution is -2.35. The molecule has 2 aliphatic carbocycles. The Labute approximate surface area is 99.7 Å². The van der Waals surface area contributed by atoms with Gasteiger partial charge in [-0.3, -0.25) is 0 Å². The maximum atomic E-state index is 3.77. The van der Waals surface area contributed by atoms with Crippen molar-refractivity contribution < 1.29 is 0 Å². The summed E-state index contributed by atoms with van der Waals surface area (Å²) in [6.07, 6.45) is 12.3. The van der Waals surface area contributed by atoms with Crippen molar-refractivity contribution in [3.63, 3.8) is 0 Å². The number of nitrogens with one attached hydrogen (secondary N) is 1. The lowest BCUT2D eigenvalue weighted by molar-refractivity contribution is 0.194. The molecule has 2 fully saturated rings. The molecule has 0 spiro atoms. The maximum absolute atomic E-state index is 3.77. The lowest BCUT2D eigenvalue weighted by Gasteiger charge is -2.34. The highest BCUT2D eigenvalue weighted by molar-refractivity contribution is 5.16. The van der Waals surface area contributed by atoms with Crippen LogP contribution < -0.4 is 5.32 Å². The molecular formula is C15H25N. The third kappa shape index (κ3) is 1.55. The molecule has 4 bridgehead atoms. The molecule has 1 N–H and O–H groups in total. The highest BCUT2D eigenvalue weighted by Gasteiger charge is 2.45. The van der Waals surface area contributed by atoms with Crippen molar-refractivity contribution >= 4 is 0 Å². The zero-order chi connectivity index (χ0) is 11.2. The average Bonchev–Trinajstić information content (AvgIpc) is 2.93. The van der Waals surface area contributed by atoms with Crippen LogP contribution in [0.15, 0.2) is 12.2 Å². The zero-order valence-electron chi connectivity index (χ0n) is 10.7. The molecule has 1 saturated heterocycles. The van der Waals surface area contributed by atoms with E-state index in [1.807, 2.05) is 0 Å². The van der Waals surface area contributed by atoms with Crippen LogP contribution in [-0.2, 0) is 0 Å². The molecule has 1 heteroatoms. The largest absolute Gasteiger partial charge is 0.313 e. The topological polar surface area (TPSA) is 12.0 Å². The van der Waals surface area contributed by atoms with Gasteiger partial charge in [-0.2, -0.15) is 0 Å². The van der Waals surface area contributed by atoms with E-state index in [-0.39, 0.29) is 0 Å². The van der Waals surface area contributed by atoms with E-state index in [4.69, 9.17) is 0 Å². The van der Waals surface area contributed by atoms with Crippen LogP contribution in [0.3, 0.4) is 0 Å². The highest BCUT2D eigenvalue weighted by atomic mass is 14.9. The molecule has 0 aromatic carbocycles. The summed E-state index contributed by atoms with van der Waals surface area (Å²) in [7, 11) is 0. The Morgan fingerprint density at radius 2 is 2.25 bits per heavy atom. The fourth-order valence-corrected chi connectivity index (χ4v) is 4.37. The molecule has 0 aromatic heterocycles. The molecule has 2 unspecified atom stereocenters. The second-order valence-corrected chi connectivity index (χ2v) is 6.39. The average molecular weight is 219 g/mol. The van der Waals surface area contributed by atoms with Crippen molar-refractivity contribution in [2.24, 2.45) is 23.2 Å². The quantitative estimate of drug-likeness (QED) is 0.667. The Hall–Kier alpha value is -0.300. The molecule has 1 aliphatic heterocycles. The second-order valence-electron chi connectivity index (χ2n) is 6.39. The van der Waals surface area contributed by atoms with E-state index < -0.39 is 0 Å². The highest BCUT2D eigenvalue weighted by Crippen LogP contribution is 2.53. The number of rotatable bonds is 1. The summed E-state index contributed by atoms with van der Waals surface area (Å²) < 4.78 is 0. The summed E-state index contributed by atoms with van der Waals surface area (Å²) in [6, 6.07) is 0.684. The Morgan fingerprint density at radius 3 is 3.06 bits per heavy atom. The van der Waals surface area contributed by atoms with E-state index in [2.05, 4.69) is 31.3 Å². The van der Waals surface area contributed by atoms with E-state index in [0.29, 0.717) is 11.5 Å². The molecule has 0 amide bonds. The van der Waals surface area contributed by atoms with Gasteiger partial charge in [-0.15, -0.1) is 0 Å². The first-order chi connectivity index (χ1) is 7.73. The molecule has 5 atom stereocenters. The lowest BCUT2D eigenvalue weighted by atomic mass is 9.70. The first-order valence-corrected chi connectivity index (χ1v) is 7.16. The van der Waals surface area contributed by atoms with Crippen LogP contribution in [-0.4, -0.2) is 12.6 Å². The molecule has 1 heterocycles. The smallest absolute Gasteiger partial charge is 0.0102 e. The van der Waals surface area contributed by atoms with Crippen LogP contribution >= 0.6 is 0 Å². The van der Waals surface area contributed by atoms with Gasteiger partial charge in [0.1, 0.15) is 0 Å². The van der Waals surface area contributed by atoms with Gasteiger partial charge < -0.3 is 5.32 Å². The second kappa shape index (κ2) is 3.87. The van der Waals surface area contributed by atoms with Gasteiger partial charge in [0, 0.05) is 6.04 Å². The first kappa shape index (κ1) is 10.8. The maximum Gasteiger partial charge on any atom is 0.0102 e. The van der Waals surface area contributed by atoms with Gasteiger partial charge >= 0.3 is 0 Å². The molecule has 1 saturated carbocycles. The van der Waals surface area contributed by atoms with Gasteiger partial charge in [0.25, 0.3) is 0 Å². The number of hydrogen-bond acceptors (Lipinski definition) is 1. The molecule has 3 rings (SSSR count). The van der Waals surface area contributed by atoms with Crippen LogP contribution in [0.1, 0.15) is 46.0 Å². The number of allylic oxidation sites excluding steroid dienone is 1. The van der Waals surface area contributed by atoms with Gasteiger partial charge in [0.05, 0.1) is 0 Å². The molecule has 90 valence electrons. The Kier molecular flexibility index (Phi) is 2.62. The summed E-state index contributed by atoms with van der Waals surface area (Å²) in [5.41, 5.74) is 0.569. The van der Waals surface area contributed by atoms with Crippen LogP contribution in [0, 0.1) is 23.2 Å². The molecular weight excluding hydrogens is 194 g/mol. The molecule has 0 radical (unpaired) electrons. The Balaban J connectivity index is 1.90. The van der Waals surface area contributed by atoms with Crippen molar-refractivity contribution in [2.45, 2.75) is 52.0 Å². The van der Waals surface area contributed by atoms with Crippen molar-refractivity contribution in [1.82, 2.24) is 5.32 Å². The van der Waals surface area contributed by atoms with Crippen molar-refractivity contribution in [1.29, 1.82) is 0 Å². The van der Waals surface area contributed by atoms with E-state index in [0.717, 1.165) is 17.8 Å². The fraction of sp³-hybridized carbons (Fsp3) is 0.867. The van der Waals surface area contributed by atoms with E-state index in [1.165, 1.54) is 38.6 Å². The molecule has 0 aromatic rings. The van der Waals surface area contributed by atoms with Gasteiger partial charge in [-0.25, -0.2) is 0 Å². The van der Waals surface area contributed by atoms with Crippen molar-refractivity contribution in [3.8, 4) is 0 Å². The van der Waals surface area contributed by atoms with Crippen LogP contribution in [0.5, 0.6) is 0 Å². The summed E-state index contributed by atoms with van der Waals surface area (Å²) in [6.45, 7) is 6.04. The molecule has 1 nitrogen and oxygen atoms in total. The fourth-order valence-electron chi connectivity index (χ4n) is 4.37. The van der Waals surface area contributed by atoms with Crippen LogP contribution in [0.25, 0.3) is 0 Å². The Morgan fingerprint density at radius 1 is 1.38 bits per heavy atom. The SMILES string of the molecule is CC[C@@]12C=CC(C1)[C@H](C)NCC1CC[C@@H]2C1. The van der Waals surface area contributed by atoms with Crippen LogP contribution in [0.2, 0.25) is 0 Å². The third-order valence-corrected chi connectivity index (χ3v) is 5.67. The standard InChI is InChI=1S/C15H25N/c1-3-15-7-6-13(9-15)11(2)16-10-12-4-5-14(15)8-12/h6-7,11-14,16H,3-5,8-10H2,1-2H3/t11-,12?,13?,14+,15+/m0/s1. The minimum atomic E-state index is 0.569. The monoisotopic (exact) mass is 219 g/mol. The van der Waals surface area contributed by atoms with E-state index >= 15 is 0 Å². The van der Waals surface area contributed by atoms with Gasteiger partial charge in [-0.05, 0) is 68.7 Å². The first-order valence-electron chi connectivity index (χ1n) is 7.16. The normalized spacial score (nSPS) is 51.1. The Bertz CT molecular complexity index is 296. The van der Waals surface area contributed by atoms with E-state index in [1.54, 1.807) is 0 Å². The van der Waals surface area contributed by atoms with E-state index in [9.17, 15) is 0 Å². The van der Waals surface area contributed by atoms with Crippen LogP contribution in [0.4, 0.5) is 0 Å². The summed E-state index contributed by atoms with van der Waals surface area (Å²) in [5.74, 6) is 2.73. The minimum Gasteiger partial charge on any atom is -0.313 e. The third-order valence-electron chi connectivity index (χ3n) is 5.67.